The lowest BCUT2D eigenvalue weighted by molar-refractivity contribution is -0.173. The minimum Gasteiger partial charge on any atom is -0.493 e. The molecule has 1 heterocycles. The van der Waals surface area contributed by atoms with Gasteiger partial charge in [-0.3, -0.25) is 0 Å². The number of hydrogen-bond donors (Lipinski definition) is 1. The second-order valence-corrected chi connectivity index (χ2v) is 4.93. The third-order valence-corrected chi connectivity index (χ3v) is 3.05. The van der Waals surface area contributed by atoms with Crippen molar-refractivity contribution >= 4 is 11.6 Å². The Morgan fingerprint density at radius 1 is 1.35 bits per heavy atom. The largest absolute Gasteiger partial charge is 0.493 e. The van der Waals surface area contributed by atoms with Gasteiger partial charge < -0.3 is 14.8 Å². The predicted molar refractivity (Wildman–Crippen MR) is 69.2 cm³/mol. The summed E-state index contributed by atoms with van der Waals surface area (Å²) < 4.78 is 45.6. The Kier molecular flexibility index (Phi) is 5.12. The van der Waals surface area contributed by atoms with E-state index in [1.807, 2.05) is 6.07 Å². The lowest BCUT2D eigenvalue weighted by Gasteiger charge is -2.11. The van der Waals surface area contributed by atoms with E-state index in [0.29, 0.717) is 24.7 Å². The zero-order valence-electron chi connectivity index (χ0n) is 10.7. The summed E-state index contributed by atoms with van der Waals surface area (Å²) >= 11 is 6.01. The highest BCUT2D eigenvalue weighted by molar-refractivity contribution is 6.30. The SMILES string of the molecule is FC(F)(F)COCCNCc1cc(Cl)cc2c1OCC2. The third kappa shape index (κ3) is 4.54. The van der Waals surface area contributed by atoms with Gasteiger partial charge in [-0.05, 0) is 17.7 Å². The fraction of sp³-hybridized carbons (Fsp3) is 0.538. The molecular formula is C13H15ClF3NO2. The first-order chi connectivity index (χ1) is 9.46. The predicted octanol–water partition coefficient (Wildman–Crippen LogP) is 2.94. The van der Waals surface area contributed by atoms with Crippen molar-refractivity contribution in [3.63, 3.8) is 0 Å². The molecular weight excluding hydrogens is 295 g/mol. The second-order valence-electron chi connectivity index (χ2n) is 4.50. The van der Waals surface area contributed by atoms with E-state index in [1.54, 1.807) is 6.07 Å². The standard InChI is InChI=1S/C13H15ClF3NO2/c14-11-5-9-1-3-20-12(9)10(6-11)7-18-2-4-19-8-13(15,16)17/h5-6,18H,1-4,7-8H2. The van der Waals surface area contributed by atoms with Gasteiger partial charge in [0, 0.05) is 30.1 Å². The highest BCUT2D eigenvalue weighted by atomic mass is 35.5. The van der Waals surface area contributed by atoms with Gasteiger partial charge in [0.25, 0.3) is 0 Å². The molecule has 0 fully saturated rings. The summed E-state index contributed by atoms with van der Waals surface area (Å²) in [6, 6.07) is 3.68. The van der Waals surface area contributed by atoms with Crippen LogP contribution in [0.5, 0.6) is 5.75 Å². The Balaban J connectivity index is 1.75. The van der Waals surface area contributed by atoms with Crippen LogP contribution in [0.4, 0.5) is 13.2 Å². The second kappa shape index (κ2) is 6.65. The molecule has 0 amide bonds. The summed E-state index contributed by atoms with van der Waals surface area (Å²) in [6.45, 7) is 0.237. The van der Waals surface area contributed by atoms with E-state index in [1.165, 1.54) is 0 Å². The van der Waals surface area contributed by atoms with Gasteiger partial charge in [0.1, 0.15) is 12.4 Å². The Morgan fingerprint density at radius 3 is 2.90 bits per heavy atom. The molecule has 1 aliphatic heterocycles. The maximum Gasteiger partial charge on any atom is 0.411 e. The maximum absolute atomic E-state index is 11.8. The fourth-order valence-electron chi connectivity index (χ4n) is 2.03. The van der Waals surface area contributed by atoms with Gasteiger partial charge in [-0.25, -0.2) is 0 Å². The average molecular weight is 310 g/mol. The zero-order valence-corrected chi connectivity index (χ0v) is 11.5. The molecule has 0 bridgehead atoms. The fourth-order valence-corrected chi connectivity index (χ4v) is 2.30. The molecule has 0 aromatic heterocycles. The van der Waals surface area contributed by atoms with Crippen molar-refractivity contribution in [1.82, 2.24) is 5.32 Å². The maximum atomic E-state index is 11.8. The van der Waals surface area contributed by atoms with Crippen molar-refractivity contribution in [1.29, 1.82) is 0 Å². The summed E-state index contributed by atoms with van der Waals surface area (Å²) in [4.78, 5) is 0. The molecule has 3 nitrogen and oxygen atoms in total. The topological polar surface area (TPSA) is 30.5 Å². The smallest absolute Gasteiger partial charge is 0.411 e. The van der Waals surface area contributed by atoms with E-state index in [0.717, 1.165) is 23.3 Å². The van der Waals surface area contributed by atoms with E-state index in [2.05, 4.69) is 10.1 Å². The van der Waals surface area contributed by atoms with Crippen LogP contribution < -0.4 is 10.1 Å². The Hall–Kier alpha value is -0.980. The van der Waals surface area contributed by atoms with Gasteiger partial charge in [-0.1, -0.05) is 11.6 Å². The number of alkyl halides is 3. The number of rotatable bonds is 6. The number of benzene rings is 1. The van der Waals surface area contributed by atoms with Crippen molar-refractivity contribution in [3.05, 3.63) is 28.3 Å². The number of hydrogen-bond acceptors (Lipinski definition) is 3. The van der Waals surface area contributed by atoms with Gasteiger partial charge in [0.2, 0.25) is 0 Å². The van der Waals surface area contributed by atoms with E-state index < -0.39 is 12.8 Å². The van der Waals surface area contributed by atoms with E-state index in [9.17, 15) is 13.2 Å². The van der Waals surface area contributed by atoms with Crippen molar-refractivity contribution in [2.45, 2.75) is 19.1 Å². The Morgan fingerprint density at radius 2 is 2.15 bits per heavy atom. The first-order valence-corrected chi connectivity index (χ1v) is 6.63. The molecule has 0 aliphatic carbocycles. The molecule has 1 aromatic rings. The molecule has 0 unspecified atom stereocenters. The lowest BCUT2D eigenvalue weighted by Crippen LogP contribution is -2.23. The van der Waals surface area contributed by atoms with Gasteiger partial charge in [0.15, 0.2) is 0 Å². The molecule has 1 aromatic carbocycles. The Bertz CT molecular complexity index is 466. The van der Waals surface area contributed by atoms with Gasteiger partial charge >= 0.3 is 6.18 Å². The summed E-state index contributed by atoms with van der Waals surface area (Å²) in [5.74, 6) is 0.832. The van der Waals surface area contributed by atoms with Crippen LogP contribution in [0.2, 0.25) is 5.02 Å². The van der Waals surface area contributed by atoms with Gasteiger partial charge in [-0.2, -0.15) is 13.2 Å². The van der Waals surface area contributed by atoms with Crippen LogP contribution in [-0.2, 0) is 17.7 Å². The minimum absolute atomic E-state index is 0.00310. The van der Waals surface area contributed by atoms with Crippen LogP contribution in [0.1, 0.15) is 11.1 Å². The number of fused-ring (bicyclic) bond motifs is 1. The summed E-state index contributed by atoms with van der Waals surface area (Å²) in [7, 11) is 0. The van der Waals surface area contributed by atoms with Crippen LogP contribution in [0, 0.1) is 0 Å². The lowest BCUT2D eigenvalue weighted by atomic mass is 10.1. The molecule has 0 saturated heterocycles. The summed E-state index contributed by atoms with van der Waals surface area (Å²) in [5.41, 5.74) is 1.99. The van der Waals surface area contributed by atoms with Crippen LogP contribution in [-0.4, -0.2) is 32.5 Å². The minimum atomic E-state index is -4.28. The average Bonchev–Trinajstić information content (AvgIpc) is 2.79. The Labute approximate surface area is 120 Å². The first kappa shape index (κ1) is 15.4. The van der Waals surface area contributed by atoms with Crippen LogP contribution in [0.15, 0.2) is 12.1 Å². The highest BCUT2D eigenvalue weighted by Crippen LogP contribution is 2.32. The summed E-state index contributed by atoms with van der Waals surface area (Å²) in [6.07, 6.45) is -3.45. The number of ether oxygens (including phenoxy) is 2. The number of nitrogens with one attached hydrogen (secondary N) is 1. The van der Waals surface area contributed by atoms with Crippen molar-refractivity contribution in [2.75, 3.05) is 26.4 Å². The molecule has 1 N–H and O–H groups in total. The molecule has 0 saturated carbocycles. The molecule has 0 radical (unpaired) electrons. The van der Waals surface area contributed by atoms with E-state index >= 15 is 0 Å². The van der Waals surface area contributed by atoms with Crippen LogP contribution in [0.3, 0.4) is 0 Å². The monoisotopic (exact) mass is 309 g/mol. The first-order valence-electron chi connectivity index (χ1n) is 6.25. The molecule has 1 aliphatic rings. The van der Waals surface area contributed by atoms with E-state index in [-0.39, 0.29) is 6.61 Å². The quantitative estimate of drug-likeness (QED) is 0.820. The zero-order chi connectivity index (χ0) is 14.6. The molecule has 112 valence electrons. The van der Waals surface area contributed by atoms with Crippen molar-refractivity contribution in [3.8, 4) is 5.75 Å². The van der Waals surface area contributed by atoms with Crippen LogP contribution >= 0.6 is 11.6 Å². The number of halogens is 4. The molecule has 20 heavy (non-hydrogen) atoms. The third-order valence-electron chi connectivity index (χ3n) is 2.83. The molecule has 7 heteroatoms. The molecule has 2 rings (SSSR count). The molecule has 0 spiro atoms. The van der Waals surface area contributed by atoms with E-state index in [4.69, 9.17) is 16.3 Å². The van der Waals surface area contributed by atoms with Gasteiger partial charge in [-0.15, -0.1) is 0 Å². The molecule has 0 atom stereocenters. The van der Waals surface area contributed by atoms with Crippen molar-refractivity contribution in [2.24, 2.45) is 0 Å². The van der Waals surface area contributed by atoms with Gasteiger partial charge in [0.05, 0.1) is 13.2 Å². The normalized spacial score (nSPS) is 14.2. The van der Waals surface area contributed by atoms with Crippen molar-refractivity contribution < 1.29 is 22.6 Å². The van der Waals surface area contributed by atoms with Crippen LogP contribution in [0.25, 0.3) is 0 Å². The highest BCUT2D eigenvalue weighted by Gasteiger charge is 2.27. The summed E-state index contributed by atoms with van der Waals surface area (Å²) in [5, 5.41) is 3.65.